The molecule has 0 unspecified atom stereocenters. The molecular weight excluding hydrogens is 276 g/mol. The van der Waals surface area contributed by atoms with Crippen LogP contribution >= 0.6 is 11.6 Å². The Balaban J connectivity index is 1.83. The molecule has 0 bridgehead atoms. The Labute approximate surface area is 123 Å². The molecule has 1 fully saturated rings. The number of aliphatic hydroxyl groups is 1. The maximum atomic E-state index is 9.80. The highest BCUT2D eigenvalue weighted by Crippen LogP contribution is 2.53. The lowest BCUT2D eigenvalue weighted by atomic mass is 9.53. The summed E-state index contributed by atoms with van der Waals surface area (Å²) >= 11 is 6.02. The Morgan fingerprint density at radius 3 is 2.85 bits per heavy atom. The topological polar surface area (TPSA) is 63.8 Å². The number of halogens is 1. The van der Waals surface area contributed by atoms with Crippen molar-refractivity contribution in [2.45, 2.75) is 39.8 Å². The second-order valence-corrected chi connectivity index (χ2v) is 6.69. The van der Waals surface area contributed by atoms with Crippen LogP contribution in [0.25, 0.3) is 11.2 Å². The number of hydrogen-bond donors (Lipinski definition) is 1. The third-order valence-corrected chi connectivity index (χ3v) is 5.18. The molecule has 0 aromatic carbocycles. The van der Waals surface area contributed by atoms with E-state index in [4.69, 9.17) is 11.6 Å². The molecule has 0 radical (unpaired) electrons. The highest BCUT2D eigenvalue weighted by molar-refractivity contribution is 6.33. The predicted octanol–water partition coefficient (Wildman–Crippen LogP) is 2.52. The van der Waals surface area contributed by atoms with E-state index in [0.29, 0.717) is 22.5 Å². The zero-order valence-electron chi connectivity index (χ0n) is 11.9. The van der Waals surface area contributed by atoms with Crippen molar-refractivity contribution in [2.24, 2.45) is 17.3 Å². The molecular formula is C14H19ClN4O. The van der Waals surface area contributed by atoms with E-state index in [9.17, 15) is 5.11 Å². The van der Waals surface area contributed by atoms with Gasteiger partial charge in [-0.05, 0) is 30.6 Å². The highest BCUT2D eigenvalue weighted by atomic mass is 35.5. The van der Waals surface area contributed by atoms with Gasteiger partial charge in [0.2, 0.25) is 0 Å². The summed E-state index contributed by atoms with van der Waals surface area (Å²) < 4.78 is 2.04. The zero-order chi connectivity index (χ0) is 14.5. The molecule has 1 aliphatic carbocycles. The van der Waals surface area contributed by atoms with Gasteiger partial charge in [0.15, 0.2) is 10.8 Å². The number of rotatable bonds is 3. The molecule has 1 aliphatic rings. The number of aliphatic hydroxyl groups excluding tert-OH is 1. The first-order chi connectivity index (χ1) is 9.41. The van der Waals surface area contributed by atoms with Crippen molar-refractivity contribution in [3.8, 4) is 0 Å². The van der Waals surface area contributed by atoms with E-state index in [1.165, 1.54) is 6.33 Å². The van der Waals surface area contributed by atoms with Crippen LogP contribution in [0.15, 0.2) is 12.7 Å². The summed E-state index contributed by atoms with van der Waals surface area (Å²) in [6, 6.07) is 0. The third-order valence-electron chi connectivity index (χ3n) is 4.90. The minimum Gasteiger partial charge on any atom is -0.393 e. The average molecular weight is 295 g/mol. The van der Waals surface area contributed by atoms with Gasteiger partial charge >= 0.3 is 0 Å². The molecule has 6 heteroatoms. The maximum Gasteiger partial charge on any atom is 0.164 e. The summed E-state index contributed by atoms with van der Waals surface area (Å²) in [5.74, 6) is 0.869. The van der Waals surface area contributed by atoms with Gasteiger partial charge in [0.25, 0.3) is 0 Å². The molecule has 2 aromatic rings. The van der Waals surface area contributed by atoms with E-state index < -0.39 is 0 Å². The second kappa shape index (κ2) is 4.67. The first-order valence-corrected chi connectivity index (χ1v) is 7.28. The number of hydrogen-bond acceptors (Lipinski definition) is 4. The van der Waals surface area contributed by atoms with Crippen molar-refractivity contribution in [3.63, 3.8) is 0 Å². The fourth-order valence-electron chi connectivity index (χ4n) is 3.41. The van der Waals surface area contributed by atoms with Crippen molar-refractivity contribution in [2.75, 3.05) is 0 Å². The summed E-state index contributed by atoms with van der Waals surface area (Å²) in [4.78, 5) is 12.5. The standard InChI is InChI=1S/C14H19ClN4O/c1-8(20)10-4-9(14(10,2)3)5-19-7-18-11-12(15)16-6-17-13(11)19/h6-10,20H,4-5H2,1-3H3/t8-,9+,10-/m0/s1. The first kappa shape index (κ1) is 13.8. The smallest absolute Gasteiger partial charge is 0.164 e. The van der Waals surface area contributed by atoms with Gasteiger partial charge in [-0.1, -0.05) is 25.4 Å². The molecule has 2 heterocycles. The van der Waals surface area contributed by atoms with Crippen LogP contribution in [0.1, 0.15) is 27.2 Å². The third kappa shape index (κ3) is 2.00. The molecule has 3 atom stereocenters. The van der Waals surface area contributed by atoms with E-state index in [1.807, 2.05) is 11.5 Å². The molecule has 1 saturated carbocycles. The number of imidazole rings is 1. The number of fused-ring (bicyclic) bond motifs is 1. The van der Waals surface area contributed by atoms with Gasteiger partial charge in [-0.25, -0.2) is 15.0 Å². The van der Waals surface area contributed by atoms with E-state index >= 15 is 0 Å². The van der Waals surface area contributed by atoms with Gasteiger partial charge in [-0.2, -0.15) is 0 Å². The van der Waals surface area contributed by atoms with Crippen LogP contribution < -0.4 is 0 Å². The molecule has 108 valence electrons. The molecule has 0 spiro atoms. The lowest BCUT2D eigenvalue weighted by Crippen LogP contribution is -2.51. The Kier molecular flexibility index (Phi) is 3.21. The predicted molar refractivity (Wildman–Crippen MR) is 77.4 cm³/mol. The van der Waals surface area contributed by atoms with Gasteiger partial charge in [0.1, 0.15) is 11.8 Å². The van der Waals surface area contributed by atoms with Gasteiger partial charge in [-0.15, -0.1) is 0 Å². The summed E-state index contributed by atoms with van der Waals surface area (Å²) in [6.07, 6.45) is 4.02. The molecule has 0 aliphatic heterocycles. The summed E-state index contributed by atoms with van der Waals surface area (Å²) in [5, 5.41) is 10.2. The van der Waals surface area contributed by atoms with E-state index in [-0.39, 0.29) is 11.5 Å². The lowest BCUT2D eigenvalue weighted by Gasteiger charge is -2.53. The molecule has 0 saturated heterocycles. The van der Waals surface area contributed by atoms with Crippen LogP contribution in [0.5, 0.6) is 0 Å². The fraction of sp³-hybridized carbons (Fsp3) is 0.643. The van der Waals surface area contributed by atoms with Crippen LogP contribution in [-0.2, 0) is 6.54 Å². The van der Waals surface area contributed by atoms with Crippen molar-refractivity contribution >= 4 is 22.8 Å². The van der Waals surface area contributed by atoms with Crippen LogP contribution in [0.2, 0.25) is 5.15 Å². The van der Waals surface area contributed by atoms with Gasteiger partial charge in [0.05, 0.1) is 12.4 Å². The Morgan fingerprint density at radius 1 is 1.45 bits per heavy atom. The maximum absolute atomic E-state index is 9.80. The van der Waals surface area contributed by atoms with Crippen LogP contribution in [0, 0.1) is 17.3 Å². The minimum absolute atomic E-state index is 0.127. The average Bonchev–Trinajstić information content (AvgIpc) is 2.78. The van der Waals surface area contributed by atoms with E-state index in [2.05, 4.69) is 28.8 Å². The van der Waals surface area contributed by atoms with Gasteiger partial charge in [-0.3, -0.25) is 0 Å². The number of aromatic nitrogens is 4. The highest BCUT2D eigenvalue weighted by Gasteiger charge is 2.49. The molecule has 0 amide bonds. The molecule has 20 heavy (non-hydrogen) atoms. The van der Waals surface area contributed by atoms with Crippen LogP contribution in [-0.4, -0.2) is 30.7 Å². The van der Waals surface area contributed by atoms with Gasteiger partial charge in [0, 0.05) is 6.54 Å². The van der Waals surface area contributed by atoms with Gasteiger partial charge < -0.3 is 9.67 Å². The Hall–Kier alpha value is -1.20. The van der Waals surface area contributed by atoms with Crippen LogP contribution in [0.4, 0.5) is 0 Å². The molecule has 2 aromatic heterocycles. The molecule has 5 nitrogen and oxygen atoms in total. The second-order valence-electron chi connectivity index (χ2n) is 6.33. The Bertz CT molecular complexity index is 637. The van der Waals surface area contributed by atoms with E-state index in [0.717, 1.165) is 18.6 Å². The monoisotopic (exact) mass is 294 g/mol. The first-order valence-electron chi connectivity index (χ1n) is 6.90. The van der Waals surface area contributed by atoms with Crippen LogP contribution in [0.3, 0.4) is 0 Å². The summed E-state index contributed by atoms with van der Waals surface area (Å²) in [7, 11) is 0. The SMILES string of the molecule is C[C@H](O)[C@@H]1C[C@H](Cn2cnc3c(Cl)ncnc32)C1(C)C. The van der Waals surface area contributed by atoms with E-state index in [1.54, 1.807) is 6.33 Å². The van der Waals surface area contributed by atoms with Crippen molar-refractivity contribution < 1.29 is 5.11 Å². The summed E-state index contributed by atoms with van der Waals surface area (Å²) in [5.41, 5.74) is 1.56. The number of nitrogens with zero attached hydrogens (tertiary/aromatic N) is 4. The minimum atomic E-state index is -0.252. The Morgan fingerprint density at radius 2 is 2.20 bits per heavy atom. The fourth-order valence-corrected chi connectivity index (χ4v) is 3.58. The lowest BCUT2D eigenvalue weighted by molar-refractivity contribution is -0.0934. The van der Waals surface area contributed by atoms with Crippen molar-refractivity contribution in [1.29, 1.82) is 0 Å². The van der Waals surface area contributed by atoms with Crippen molar-refractivity contribution in [3.05, 3.63) is 17.8 Å². The largest absolute Gasteiger partial charge is 0.393 e. The zero-order valence-corrected chi connectivity index (χ0v) is 12.7. The summed E-state index contributed by atoms with van der Waals surface area (Å²) in [6.45, 7) is 7.17. The molecule has 3 rings (SSSR count). The normalized spacial score (nSPS) is 26.4. The molecule has 1 N–H and O–H groups in total. The quantitative estimate of drug-likeness (QED) is 0.884. The van der Waals surface area contributed by atoms with Crippen molar-refractivity contribution in [1.82, 2.24) is 19.5 Å².